The largest absolute Gasteiger partial charge is 0.310 e. The number of allylic oxidation sites excluding steroid dienone is 2. The zero-order valence-corrected chi connectivity index (χ0v) is 80.5. The number of unbranched alkanes of at least 4 members (excludes halogenated alkanes) is 14. The second-order valence-corrected chi connectivity index (χ2v) is 38.3. The van der Waals surface area contributed by atoms with Gasteiger partial charge < -0.3 is 9.80 Å². The normalized spacial score (nSPS) is 13.0. The van der Waals surface area contributed by atoms with E-state index in [2.05, 4.69) is 364 Å². The molecule has 0 saturated heterocycles. The van der Waals surface area contributed by atoms with Gasteiger partial charge in [-0.1, -0.05) is 320 Å². The molecule has 0 radical (unpaired) electrons. The van der Waals surface area contributed by atoms with Gasteiger partial charge in [0.2, 0.25) is 0 Å². The second-order valence-electron chi connectivity index (χ2n) is 38.3. The minimum atomic E-state index is -0.238. The third kappa shape index (κ3) is 21.4. The molecule has 4 aliphatic carbocycles. The fraction of sp³-hybridized carbons (Fsp3) is 0.387. The molecule has 16 rings (SSSR count). The first-order valence-electron chi connectivity index (χ1n) is 49.2. The van der Waals surface area contributed by atoms with Crippen molar-refractivity contribution in [3.8, 4) is 22.3 Å². The van der Waals surface area contributed by atoms with Crippen molar-refractivity contribution in [3.05, 3.63) is 388 Å². The Bertz CT molecular complexity index is 5280. The molecule has 0 N–H and O–H groups in total. The Kier molecular flexibility index (Phi) is 32.6. The van der Waals surface area contributed by atoms with Crippen LogP contribution in [0.15, 0.2) is 244 Å². The number of fused-ring (bicyclic) bond motifs is 8. The van der Waals surface area contributed by atoms with E-state index in [1.165, 1.54) is 346 Å². The van der Waals surface area contributed by atoms with Gasteiger partial charge in [-0.05, 0) is 381 Å². The lowest BCUT2D eigenvalue weighted by molar-refractivity contribution is 0.422. The summed E-state index contributed by atoms with van der Waals surface area (Å²) in [6.07, 6.45) is 42.0. The van der Waals surface area contributed by atoms with Gasteiger partial charge in [-0.2, -0.15) is 0 Å². The van der Waals surface area contributed by atoms with Crippen molar-refractivity contribution in [2.45, 2.75) is 314 Å². The van der Waals surface area contributed by atoms with Crippen LogP contribution in [0.3, 0.4) is 0 Å². The molecule has 12 aromatic rings. The third-order valence-corrected chi connectivity index (χ3v) is 28.3. The minimum absolute atomic E-state index is 0.148. The van der Waals surface area contributed by atoms with Crippen LogP contribution in [0.2, 0.25) is 0 Å². The van der Waals surface area contributed by atoms with Crippen molar-refractivity contribution in [3.63, 3.8) is 0 Å². The van der Waals surface area contributed by atoms with Crippen LogP contribution < -0.4 is 9.80 Å². The molecule has 0 saturated carbocycles. The van der Waals surface area contributed by atoms with Gasteiger partial charge in [0.05, 0.1) is 16.8 Å². The number of anilines is 6. The van der Waals surface area contributed by atoms with Crippen molar-refractivity contribution in [1.29, 1.82) is 0 Å². The number of benzene rings is 12. The van der Waals surface area contributed by atoms with Crippen molar-refractivity contribution < 1.29 is 0 Å². The van der Waals surface area contributed by atoms with E-state index in [0.717, 1.165) is 25.7 Å². The molecule has 2 nitrogen and oxygen atoms in total. The fourth-order valence-electron chi connectivity index (χ4n) is 21.2. The molecule has 0 aromatic heterocycles. The van der Waals surface area contributed by atoms with Crippen LogP contribution in [-0.2, 0) is 62.2 Å². The molecular weight excluding hydrogens is 1520 g/mol. The van der Waals surface area contributed by atoms with E-state index in [1.807, 2.05) is 0 Å². The average molecular weight is 1670 g/mol. The van der Waals surface area contributed by atoms with Gasteiger partial charge in [-0.25, -0.2) is 0 Å². The summed E-state index contributed by atoms with van der Waals surface area (Å²) >= 11 is 0. The first-order chi connectivity index (χ1) is 61.1. The molecule has 0 heterocycles. The molecule has 2 heteroatoms. The van der Waals surface area contributed by atoms with Crippen molar-refractivity contribution >= 4 is 34.1 Å². The molecule has 0 atom stereocenters. The van der Waals surface area contributed by atoms with Gasteiger partial charge in [0, 0.05) is 28.2 Å². The fourth-order valence-corrected chi connectivity index (χ4v) is 21.2. The Morgan fingerprint density at radius 3 is 0.865 bits per heavy atom. The topological polar surface area (TPSA) is 6.48 Å². The molecular formula is C124H150N2. The molecule has 4 aliphatic rings. The molecule has 0 amide bonds. The van der Waals surface area contributed by atoms with E-state index in [9.17, 15) is 0 Å². The first-order valence-corrected chi connectivity index (χ1v) is 49.2. The van der Waals surface area contributed by atoms with Gasteiger partial charge in [0.1, 0.15) is 0 Å². The molecule has 0 unspecified atom stereocenters. The van der Waals surface area contributed by atoms with E-state index in [0.29, 0.717) is 0 Å². The second kappa shape index (κ2) is 44.0. The summed E-state index contributed by atoms with van der Waals surface area (Å²) in [5, 5.41) is 0. The maximum absolute atomic E-state index is 3.93. The van der Waals surface area contributed by atoms with Gasteiger partial charge in [-0.3, -0.25) is 0 Å². The van der Waals surface area contributed by atoms with Crippen LogP contribution in [0.25, 0.3) is 22.3 Å². The summed E-state index contributed by atoms with van der Waals surface area (Å²) in [6.45, 7) is 43.9. The summed E-state index contributed by atoms with van der Waals surface area (Å²) in [4.78, 5) is 4.91. The Labute approximate surface area is 763 Å². The highest BCUT2D eigenvalue weighted by atomic mass is 15.2. The minimum Gasteiger partial charge on any atom is -0.310 e. The van der Waals surface area contributed by atoms with Crippen LogP contribution in [0.1, 0.15) is 314 Å². The summed E-state index contributed by atoms with van der Waals surface area (Å²) in [5.41, 5.74) is 50.1. The van der Waals surface area contributed by atoms with E-state index in [-0.39, 0.29) is 10.8 Å². The monoisotopic (exact) mass is 1670 g/mol. The van der Waals surface area contributed by atoms with Crippen molar-refractivity contribution in [1.82, 2.24) is 0 Å². The standard InChI is InChI=1S/C48H60N2.C31H26.C25H30.C20H34/c1-9-11-13-15-17-41-31-37(5)47(38(6)32-41)49(43-23-19-35(3)20-24-43)45-27-29-46(30-28-45)50(44-25-21-36(4)22-26-44)48-39(7)33-42(34-40(48)8)18-16-14-12-10-2;1-19-3-13-27-28-14-4-20(2)16-30(28)31(29(27)15-19,25-11-9-21-5-7-23(21)17-25)26-12-10-22-6-8-24(22)18-26;1-5-7-9-15-25(16-10-8-6-2)23-17-19(3)11-13-21(23)22-14-12-20(4)18-24(22)25;1-5-7-9-11-13-19-15-18(4)20(16-17(19)3)14-12-10-8-6-2/h19-34H,9-18H2,1-8H3;3-4,9-18H,5-8H2,1-2H3;5-6,11-14,17-18H,1-2,7-10,15-16H2,3-4H3;15-16H,5-14H2,1-4H3. The van der Waals surface area contributed by atoms with E-state index >= 15 is 0 Å². The van der Waals surface area contributed by atoms with E-state index < -0.39 is 0 Å². The zero-order chi connectivity index (χ0) is 89.0. The summed E-state index contributed by atoms with van der Waals surface area (Å²) in [6, 6.07) is 84.6. The van der Waals surface area contributed by atoms with Crippen LogP contribution in [0.5, 0.6) is 0 Å². The molecule has 12 aromatic carbocycles. The van der Waals surface area contributed by atoms with E-state index in [4.69, 9.17) is 0 Å². The Morgan fingerprint density at radius 1 is 0.270 bits per heavy atom. The zero-order valence-electron chi connectivity index (χ0n) is 80.5. The van der Waals surface area contributed by atoms with E-state index in [1.54, 1.807) is 22.3 Å². The third-order valence-electron chi connectivity index (χ3n) is 28.3. The summed E-state index contributed by atoms with van der Waals surface area (Å²) < 4.78 is 0. The van der Waals surface area contributed by atoms with Gasteiger partial charge >= 0.3 is 0 Å². The maximum Gasteiger partial charge on any atom is 0.0713 e. The van der Waals surface area contributed by atoms with Crippen LogP contribution >= 0.6 is 0 Å². The lowest BCUT2D eigenvalue weighted by Crippen LogP contribution is -2.30. The van der Waals surface area contributed by atoms with Crippen LogP contribution in [-0.4, -0.2) is 0 Å². The van der Waals surface area contributed by atoms with Gasteiger partial charge in [-0.15, -0.1) is 13.2 Å². The lowest BCUT2D eigenvalue weighted by Gasteiger charge is -2.37. The summed E-state index contributed by atoms with van der Waals surface area (Å²) in [5.74, 6) is 0. The Morgan fingerprint density at radius 2 is 0.563 bits per heavy atom. The highest BCUT2D eigenvalue weighted by molar-refractivity contribution is 5.89. The number of nitrogens with zero attached hydrogens (tertiary/aromatic N) is 2. The average Bonchev–Trinajstić information content (AvgIpc) is 1.56. The molecule has 0 spiro atoms. The number of aryl methyl sites for hydroxylation is 20. The highest BCUT2D eigenvalue weighted by Gasteiger charge is 2.48. The van der Waals surface area contributed by atoms with Gasteiger partial charge in [0.15, 0.2) is 0 Å². The van der Waals surface area contributed by atoms with Crippen molar-refractivity contribution in [2.24, 2.45) is 0 Å². The number of hydrogen-bond acceptors (Lipinski definition) is 2. The predicted molar refractivity (Wildman–Crippen MR) is 550 cm³/mol. The van der Waals surface area contributed by atoms with Gasteiger partial charge in [0.25, 0.3) is 0 Å². The maximum atomic E-state index is 3.93. The predicted octanol–water partition coefficient (Wildman–Crippen LogP) is 35.4. The first kappa shape index (κ1) is 93.4. The molecule has 0 aliphatic heterocycles. The molecule has 0 bridgehead atoms. The molecule has 0 fully saturated rings. The summed E-state index contributed by atoms with van der Waals surface area (Å²) in [7, 11) is 0. The number of hydrogen-bond donors (Lipinski definition) is 0. The SMILES string of the molecule is C=CCCCC1(CCCC=C)c2cc(C)ccc2-c2ccc(C)cc21.CCCCCCc1cc(C)c(CCCCCC)cc1C.CCCCCCc1cc(C)c(N(c2ccc(C)cc2)c2ccc(N(c3ccc(C)cc3)c3c(C)cc(CCCCCC)cc3C)cc2)c(C)c1.Cc1ccc2c(c1)C(c1ccc3c(c1)CC3)(c1ccc3c(c1)CC3)c1cc(C)ccc1-2. The smallest absolute Gasteiger partial charge is 0.0713 e. The Hall–Kier alpha value is -10.3. The van der Waals surface area contributed by atoms with Crippen molar-refractivity contribution in [2.75, 3.05) is 9.80 Å². The number of rotatable bonds is 36. The van der Waals surface area contributed by atoms with Crippen LogP contribution in [0.4, 0.5) is 34.1 Å². The lowest BCUT2D eigenvalue weighted by atomic mass is 9.65. The van der Waals surface area contributed by atoms with Crippen LogP contribution in [0, 0.1) is 83.1 Å². The molecule has 126 heavy (non-hydrogen) atoms. The Balaban J connectivity index is 0.000000153. The molecule has 656 valence electrons. The quantitative estimate of drug-likeness (QED) is 0.0285. The highest BCUT2D eigenvalue weighted by Crippen LogP contribution is 2.59.